The highest BCUT2D eigenvalue weighted by Gasteiger charge is 2.08. The van der Waals surface area contributed by atoms with Gasteiger partial charge in [-0.2, -0.15) is 0 Å². The molecule has 0 spiro atoms. The van der Waals surface area contributed by atoms with Gasteiger partial charge in [0.25, 0.3) is 0 Å². The van der Waals surface area contributed by atoms with E-state index in [-0.39, 0.29) is 0 Å². The van der Waals surface area contributed by atoms with Crippen LogP contribution in [-0.4, -0.2) is 38.6 Å². The summed E-state index contributed by atoms with van der Waals surface area (Å²) in [5.41, 5.74) is 0. The van der Waals surface area contributed by atoms with Crippen LogP contribution in [0.2, 0.25) is 0 Å². The lowest BCUT2D eigenvalue weighted by atomic mass is 9.94. The van der Waals surface area contributed by atoms with Crippen LogP contribution in [0.25, 0.3) is 0 Å². The van der Waals surface area contributed by atoms with E-state index in [1.165, 1.54) is 51.7 Å². The minimum absolute atomic E-state index is 0.892. The second-order valence-corrected chi connectivity index (χ2v) is 4.86. The highest BCUT2D eigenvalue weighted by molar-refractivity contribution is 4.90. The molecule has 1 unspecified atom stereocenters. The molecule has 0 saturated heterocycles. The topological polar surface area (TPSA) is 15.3 Å². The predicted octanol–water partition coefficient (Wildman–Crippen LogP) is 2.27. The fraction of sp³-hybridized carbons (Fsp3) is 0.846. The highest BCUT2D eigenvalue weighted by Crippen LogP contribution is 2.16. The number of rotatable bonds is 7. The molecule has 2 heteroatoms. The number of allylic oxidation sites excluding steroid dienone is 2. The van der Waals surface area contributed by atoms with Crippen LogP contribution >= 0.6 is 0 Å². The number of unbranched alkanes of at least 4 members (excludes halogenated alkanes) is 1. The first kappa shape index (κ1) is 12.7. The van der Waals surface area contributed by atoms with Crippen molar-refractivity contribution in [2.45, 2.75) is 32.1 Å². The van der Waals surface area contributed by atoms with Gasteiger partial charge in [0.15, 0.2) is 0 Å². The monoisotopic (exact) mass is 210 g/mol. The first-order valence-corrected chi connectivity index (χ1v) is 6.29. The SMILES string of the molecule is CN(C)CCCCNCC1CC=CCC1. The molecule has 1 N–H and O–H groups in total. The summed E-state index contributed by atoms with van der Waals surface area (Å²) in [7, 11) is 4.28. The highest BCUT2D eigenvalue weighted by atomic mass is 15.0. The minimum Gasteiger partial charge on any atom is -0.316 e. The van der Waals surface area contributed by atoms with Crippen LogP contribution in [0.15, 0.2) is 12.2 Å². The normalized spacial score (nSPS) is 21.1. The third-order valence-corrected chi connectivity index (χ3v) is 3.02. The van der Waals surface area contributed by atoms with Crippen LogP contribution in [0.1, 0.15) is 32.1 Å². The average molecular weight is 210 g/mol. The molecule has 0 amide bonds. The van der Waals surface area contributed by atoms with E-state index in [0.717, 1.165) is 5.92 Å². The van der Waals surface area contributed by atoms with Crippen molar-refractivity contribution in [3.8, 4) is 0 Å². The first-order chi connectivity index (χ1) is 7.29. The van der Waals surface area contributed by atoms with Gasteiger partial charge in [0.2, 0.25) is 0 Å². The Kier molecular flexibility index (Phi) is 6.69. The molecule has 0 bridgehead atoms. The van der Waals surface area contributed by atoms with E-state index >= 15 is 0 Å². The molecule has 0 fully saturated rings. The Morgan fingerprint density at radius 2 is 2.13 bits per heavy atom. The molecule has 0 radical (unpaired) electrons. The summed E-state index contributed by atoms with van der Waals surface area (Å²) in [6.45, 7) is 3.62. The molecule has 0 aromatic carbocycles. The number of nitrogens with zero attached hydrogens (tertiary/aromatic N) is 1. The number of hydrogen-bond donors (Lipinski definition) is 1. The van der Waals surface area contributed by atoms with E-state index in [1.54, 1.807) is 0 Å². The van der Waals surface area contributed by atoms with Crippen molar-refractivity contribution in [3.05, 3.63) is 12.2 Å². The van der Waals surface area contributed by atoms with Crippen molar-refractivity contribution in [1.29, 1.82) is 0 Å². The summed E-state index contributed by atoms with van der Waals surface area (Å²) < 4.78 is 0. The summed E-state index contributed by atoms with van der Waals surface area (Å²) in [6.07, 6.45) is 11.2. The predicted molar refractivity (Wildman–Crippen MR) is 67.1 cm³/mol. The zero-order valence-corrected chi connectivity index (χ0v) is 10.3. The Balaban J connectivity index is 1.86. The molecular formula is C13H26N2. The zero-order valence-electron chi connectivity index (χ0n) is 10.3. The lowest BCUT2D eigenvalue weighted by molar-refractivity contribution is 0.385. The Morgan fingerprint density at radius 3 is 2.80 bits per heavy atom. The maximum absolute atomic E-state index is 3.58. The second kappa shape index (κ2) is 7.89. The summed E-state index contributed by atoms with van der Waals surface area (Å²) in [5, 5.41) is 3.58. The molecule has 15 heavy (non-hydrogen) atoms. The van der Waals surface area contributed by atoms with Crippen molar-refractivity contribution in [2.75, 3.05) is 33.7 Å². The number of nitrogens with one attached hydrogen (secondary N) is 1. The fourth-order valence-electron chi connectivity index (χ4n) is 2.03. The molecular weight excluding hydrogens is 184 g/mol. The quantitative estimate of drug-likeness (QED) is 0.512. The van der Waals surface area contributed by atoms with Gasteiger partial charge in [-0.1, -0.05) is 12.2 Å². The van der Waals surface area contributed by atoms with E-state index < -0.39 is 0 Å². The standard InChI is InChI=1S/C13H26N2/c1-15(2)11-7-6-10-14-12-13-8-4-3-5-9-13/h3-4,13-14H,5-12H2,1-2H3. The van der Waals surface area contributed by atoms with Crippen LogP contribution in [-0.2, 0) is 0 Å². The Hall–Kier alpha value is -0.340. The van der Waals surface area contributed by atoms with E-state index in [0.29, 0.717) is 0 Å². The largest absolute Gasteiger partial charge is 0.316 e. The molecule has 0 aliphatic heterocycles. The fourth-order valence-corrected chi connectivity index (χ4v) is 2.03. The lowest BCUT2D eigenvalue weighted by Crippen LogP contribution is -2.25. The van der Waals surface area contributed by atoms with Gasteiger partial charge in [-0.3, -0.25) is 0 Å². The van der Waals surface area contributed by atoms with E-state index in [4.69, 9.17) is 0 Å². The third-order valence-electron chi connectivity index (χ3n) is 3.02. The zero-order chi connectivity index (χ0) is 10.9. The van der Waals surface area contributed by atoms with Gasteiger partial charge in [-0.15, -0.1) is 0 Å². The smallest absolute Gasteiger partial charge is 0.00174 e. The Labute approximate surface area is 94.7 Å². The van der Waals surface area contributed by atoms with E-state index in [1.807, 2.05) is 0 Å². The molecule has 1 aliphatic carbocycles. The van der Waals surface area contributed by atoms with Crippen LogP contribution in [0.5, 0.6) is 0 Å². The van der Waals surface area contributed by atoms with Crippen molar-refractivity contribution in [2.24, 2.45) is 5.92 Å². The van der Waals surface area contributed by atoms with Crippen LogP contribution in [0.3, 0.4) is 0 Å². The maximum atomic E-state index is 3.58. The first-order valence-electron chi connectivity index (χ1n) is 6.29. The van der Waals surface area contributed by atoms with Gasteiger partial charge in [0.1, 0.15) is 0 Å². The summed E-state index contributed by atoms with van der Waals surface area (Å²) in [4.78, 5) is 2.26. The molecule has 1 atom stereocenters. The van der Waals surface area contributed by atoms with E-state index in [2.05, 4.69) is 36.5 Å². The molecule has 0 saturated carbocycles. The van der Waals surface area contributed by atoms with Crippen molar-refractivity contribution < 1.29 is 0 Å². The lowest BCUT2D eigenvalue weighted by Gasteiger charge is -2.18. The van der Waals surface area contributed by atoms with Gasteiger partial charge >= 0.3 is 0 Å². The van der Waals surface area contributed by atoms with Crippen molar-refractivity contribution >= 4 is 0 Å². The Morgan fingerprint density at radius 1 is 1.27 bits per heavy atom. The number of hydrogen-bond acceptors (Lipinski definition) is 2. The Bertz CT molecular complexity index is 175. The molecule has 1 rings (SSSR count). The summed E-state index contributed by atoms with van der Waals surface area (Å²) >= 11 is 0. The van der Waals surface area contributed by atoms with Gasteiger partial charge in [-0.25, -0.2) is 0 Å². The van der Waals surface area contributed by atoms with Gasteiger partial charge in [0, 0.05) is 0 Å². The van der Waals surface area contributed by atoms with Gasteiger partial charge in [-0.05, 0) is 71.8 Å². The van der Waals surface area contributed by atoms with Crippen LogP contribution in [0, 0.1) is 5.92 Å². The average Bonchev–Trinajstić information content (AvgIpc) is 2.24. The molecule has 0 heterocycles. The minimum atomic E-state index is 0.892. The van der Waals surface area contributed by atoms with Crippen LogP contribution < -0.4 is 5.32 Å². The molecule has 2 nitrogen and oxygen atoms in total. The molecule has 88 valence electrons. The van der Waals surface area contributed by atoms with E-state index in [9.17, 15) is 0 Å². The van der Waals surface area contributed by atoms with Crippen molar-refractivity contribution in [3.63, 3.8) is 0 Å². The van der Waals surface area contributed by atoms with Gasteiger partial charge < -0.3 is 10.2 Å². The summed E-state index contributed by atoms with van der Waals surface area (Å²) in [6, 6.07) is 0. The molecule has 0 aromatic rings. The van der Waals surface area contributed by atoms with Gasteiger partial charge in [0.05, 0.1) is 0 Å². The third kappa shape index (κ3) is 6.69. The molecule has 1 aliphatic rings. The van der Waals surface area contributed by atoms with Crippen LogP contribution in [0.4, 0.5) is 0 Å². The molecule has 0 aromatic heterocycles. The van der Waals surface area contributed by atoms with Crippen molar-refractivity contribution in [1.82, 2.24) is 10.2 Å². The maximum Gasteiger partial charge on any atom is -0.00174 e. The second-order valence-electron chi connectivity index (χ2n) is 4.86. The summed E-state index contributed by atoms with van der Waals surface area (Å²) in [5.74, 6) is 0.892.